The lowest BCUT2D eigenvalue weighted by molar-refractivity contribution is -0.145. The van der Waals surface area contributed by atoms with Crippen molar-refractivity contribution < 1.29 is 28.6 Å². The van der Waals surface area contributed by atoms with E-state index in [1.165, 1.54) is 7.11 Å². The molecule has 35 heavy (non-hydrogen) atoms. The van der Waals surface area contributed by atoms with E-state index in [2.05, 4.69) is 5.43 Å². The first-order valence-corrected chi connectivity index (χ1v) is 12.8. The maximum absolute atomic E-state index is 13.0. The van der Waals surface area contributed by atoms with Crippen LogP contribution < -0.4 is 14.9 Å². The molecule has 0 spiro atoms. The highest BCUT2D eigenvalue weighted by atomic mass is 127. The number of amides is 2. The number of ether oxygens (including phenoxy) is 3. The zero-order valence-corrected chi connectivity index (χ0v) is 23.4. The minimum atomic E-state index is -0.549. The van der Waals surface area contributed by atoms with Gasteiger partial charge in [-0.25, -0.2) is 4.79 Å². The second-order valence-corrected chi connectivity index (χ2v) is 10.3. The van der Waals surface area contributed by atoms with Gasteiger partial charge in [-0.1, -0.05) is 29.4 Å². The summed E-state index contributed by atoms with van der Waals surface area (Å²) in [5.41, 5.74) is 4.30. The van der Waals surface area contributed by atoms with Crippen molar-refractivity contribution in [2.24, 2.45) is 0 Å². The summed E-state index contributed by atoms with van der Waals surface area (Å²) in [5, 5.41) is 1.29. The van der Waals surface area contributed by atoms with Crippen LogP contribution in [0.25, 0.3) is 6.08 Å². The van der Waals surface area contributed by atoms with Crippen molar-refractivity contribution >= 4 is 86.4 Å². The molecule has 1 heterocycles. The van der Waals surface area contributed by atoms with E-state index in [4.69, 9.17) is 38.0 Å². The minimum absolute atomic E-state index is 0.175. The summed E-state index contributed by atoms with van der Waals surface area (Å²) >= 11 is 14.6. The molecule has 0 saturated carbocycles. The predicted molar refractivity (Wildman–Crippen MR) is 147 cm³/mol. The summed E-state index contributed by atoms with van der Waals surface area (Å²) in [6, 6.07) is 8.43. The Morgan fingerprint density at radius 2 is 2.03 bits per heavy atom. The molecule has 3 rings (SSSR count). The zero-order chi connectivity index (χ0) is 25.7. The lowest BCUT2D eigenvalue weighted by atomic mass is 10.1. The normalized spacial score (nSPS) is 14.3. The molecule has 2 aromatic rings. The summed E-state index contributed by atoms with van der Waals surface area (Å²) < 4.78 is 16.7. The summed E-state index contributed by atoms with van der Waals surface area (Å²) in [6.45, 7) is 3.56. The maximum Gasteiger partial charge on any atom is 0.344 e. The fourth-order valence-electron chi connectivity index (χ4n) is 2.98. The van der Waals surface area contributed by atoms with Crippen LogP contribution in [0.3, 0.4) is 0 Å². The van der Waals surface area contributed by atoms with Crippen LogP contribution in [0.15, 0.2) is 35.2 Å². The molecule has 1 aliphatic rings. The van der Waals surface area contributed by atoms with Crippen molar-refractivity contribution in [3.63, 3.8) is 0 Å². The number of nitrogens with one attached hydrogen (secondary N) is 1. The van der Waals surface area contributed by atoms with Gasteiger partial charge in [0, 0.05) is 0 Å². The van der Waals surface area contributed by atoms with E-state index in [-0.39, 0.29) is 28.1 Å². The van der Waals surface area contributed by atoms with Gasteiger partial charge >= 0.3 is 5.97 Å². The summed E-state index contributed by atoms with van der Waals surface area (Å²) in [4.78, 5) is 37.6. The zero-order valence-electron chi connectivity index (χ0n) is 18.8. The van der Waals surface area contributed by atoms with Crippen molar-refractivity contribution in [1.29, 1.82) is 0 Å². The Balaban J connectivity index is 1.79. The molecule has 2 aromatic carbocycles. The van der Waals surface area contributed by atoms with Gasteiger partial charge in [0.05, 0.1) is 32.8 Å². The Labute approximate surface area is 230 Å². The van der Waals surface area contributed by atoms with Crippen molar-refractivity contribution in [2.75, 3.05) is 20.3 Å². The number of carbonyl (C=O) groups excluding carboxylic acids is 3. The van der Waals surface area contributed by atoms with E-state index in [0.717, 1.165) is 22.3 Å². The number of hydrazine groups is 1. The molecular weight excluding hydrogens is 627 g/mol. The van der Waals surface area contributed by atoms with E-state index in [0.29, 0.717) is 25.5 Å². The highest BCUT2D eigenvalue weighted by Gasteiger charge is 2.34. The minimum Gasteiger partial charge on any atom is -0.493 e. The second kappa shape index (κ2) is 12.1. The molecule has 0 radical (unpaired) electrons. The van der Waals surface area contributed by atoms with E-state index in [9.17, 15) is 14.4 Å². The first-order valence-electron chi connectivity index (χ1n) is 10.2. The average Bonchev–Trinajstić information content (AvgIpc) is 3.05. The summed E-state index contributed by atoms with van der Waals surface area (Å²) in [7, 11) is 1.47. The number of methoxy groups -OCH3 is 1. The highest BCUT2D eigenvalue weighted by Crippen LogP contribution is 2.37. The number of nitrogens with zero attached hydrogens (tertiary/aromatic N) is 1. The molecule has 1 saturated heterocycles. The Hall–Kier alpha value is -2.35. The molecule has 0 bridgehead atoms. The third-order valence-electron chi connectivity index (χ3n) is 4.57. The molecule has 1 fully saturated rings. The number of esters is 1. The first-order chi connectivity index (χ1) is 16.6. The largest absolute Gasteiger partial charge is 0.493 e. The number of benzene rings is 2. The average molecular weight is 647 g/mol. The van der Waals surface area contributed by atoms with E-state index in [1.54, 1.807) is 43.3 Å². The molecule has 1 N–H and O–H groups in total. The SMILES string of the molecule is CCOC(=O)COc1c(I)cc(/C=C2/SC(=S)N(NC(=O)c3ccc(C)cc3Cl)C2=O)cc1OC. The third-order valence-corrected chi connectivity index (χ3v) is 6.98. The smallest absolute Gasteiger partial charge is 0.344 e. The molecule has 2 amide bonds. The van der Waals surface area contributed by atoms with Crippen LogP contribution >= 0.6 is 58.2 Å². The summed E-state index contributed by atoms with van der Waals surface area (Å²) in [6.07, 6.45) is 1.63. The number of rotatable bonds is 8. The van der Waals surface area contributed by atoms with Crippen molar-refractivity contribution in [3.8, 4) is 11.5 Å². The topological polar surface area (TPSA) is 94.2 Å². The standard InChI is InChI=1S/C23H20ClIN2O6S2/c1-4-32-19(28)11-33-20-16(25)8-13(9-17(20)31-3)10-18-22(30)27(23(34)35-18)26-21(29)14-6-5-12(2)7-15(14)24/h5-10H,4,11H2,1-3H3,(H,26,29)/b18-10+. The molecule has 0 aliphatic carbocycles. The highest BCUT2D eigenvalue weighted by molar-refractivity contribution is 14.1. The van der Waals surface area contributed by atoms with Gasteiger partial charge in [0.1, 0.15) is 0 Å². The van der Waals surface area contributed by atoms with Crippen molar-refractivity contribution in [1.82, 2.24) is 10.4 Å². The second-order valence-electron chi connectivity index (χ2n) is 7.07. The fraction of sp³-hybridized carbons (Fsp3) is 0.217. The first kappa shape index (κ1) is 27.2. The van der Waals surface area contributed by atoms with Gasteiger partial charge in [0.25, 0.3) is 11.8 Å². The van der Waals surface area contributed by atoms with Gasteiger partial charge in [-0.05, 0) is 90.1 Å². The van der Waals surface area contributed by atoms with Crippen LogP contribution in [0.4, 0.5) is 0 Å². The van der Waals surface area contributed by atoms with E-state index >= 15 is 0 Å². The van der Waals surface area contributed by atoms with Crippen LogP contribution in [0.2, 0.25) is 5.02 Å². The lowest BCUT2D eigenvalue weighted by Gasteiger charge is -2.16. The van der Waals surface area contributed by atoms with Gasteiger partial charge in [0.2, 0.25) is 0 Å². The number of aryl methyl sites for hydroxylation is 1. The molecule has 0 unspecified atom stereocenters. The van der Waals surface area contributed by atoms with E-state index < -0.39 is 17.8 Å². The van der Waals surface area contributed by atoms with Gasteiger partial charge in [0.15, 0.2) is 22.4 Å². The number of carbonyl (C=O) groups is 3. The van der Waals surface area contributed by atoms with Crippen molar-refractivity contribution in [3.05, 3.63) is 60.5 Å². The molecule has 0 aromatic heterocycles. The third kappa shape index (κ3) is 6.66. The molecule has 12 heteroatoms. The molecule has 184 valence electrons. The van der Waals surface area contributed by atoms with Crippen LogP contribution in [-0.2, 0) is 14.3 Å². The van der Waals surface area contributed by atoms with Gasteiger partial charge in [-0.2, -0.15) is 5.01 Å². The predicted octanol–water partition coefficient (Wildman–Crippen LogP) is 4.75. The molecule has 1 aliphatic heterocycles. The van der Waals surface area contributed by atoms with E-state index in [1.807, 2.05) is 29.5 Å². The Bertz CT molecular complexity index is 1240. The van der Waals surface area contributed by atoms with Crippen LogP contribution in [-0.4, -0.2) is 47.4 Å². The van der Waals surface area contributed by atoms with Gasteiger partial charge in [-0.3, -0.25) is 15.0 Å². The van der Waals surface area contributed by atoms with Gasteiger partial charge < -0.3 is 14.2 Å². The molecule has 8 nitrogen and oxygen atoms in total. The maximum atomic E-state index is 13.0. The van der Waals surface area contributed by atoms with Crippen LogP contribution in [0.5, 0.6) is 11.5 Å². The fourth-order valence-corrected chi connectivity index (χ4v) is 5.26. The summed E-state index contributed by atoms with van der Waals surface area (Å²) in [5.74, 6) is -0.759. The van der Waals surface area contributed by atoms with Crippen LogP contribution in [0.1, 0.15) is 28.4 Å². The number of hydrogen-bond donors (Lipinski definition) is 1. The number of hydrogen-bond acceptors (Lipinski definition) is 8. The number of thiocarbonyl (C=S) groups is 1. The van der Waals surface area contributed by atoms with Crippen molar-refractivity contribution in [2.45, 2.75) is 13.8 Å². The Kier molecular flexibility index (Phi) is 9.39. The monoisotopic (exact) mass is 646 g/mol. The Morgan fingerprint density at radius 3 is 2.69 bits per heavy atom. The number of thioether (sulfide) groups is 1. The quantitative estimate of drug-likeness (QED) is 0.190. The lowest BCUT2D eigenvalue weighted by Crippen LogP contribution is -2.44. The van der Waals surface area contributed by atoms with Gasteiger partial charge in [-0.15, -0.1) is 0 Å². The Morgan fingerprint density at radius 1 is 1.29 bits per heavy atom. The number of halogens is 2. The molecule has 0 atom stereocenters. The molecular formula is C23H20ClIN2O6S2. The van der Waals surface area contributed by atoms with Crippen LogP contribution in [0, 0.1) is 10.5 Å².